The Kier molecular flexibility index (Phi) is 4.76. The average Bonchev–Trinajstić information content (AvgIpc) is 2.75. The second-order valence-electron chi connectivity index (χ2n) is 4.99. The van der Waals surface area contributed by atoms with E-state index in [4.69, 9.17) is 5.26 Å². The van der Waals surface area contributed by atoms with Crippen molar-refractivity contribution in [3.8, 4) is 6.07 Å². The molecule has 1 aromatic carbocycles. The Bertz CT molecular complexity index is 582. The second-order valence-corrected chi connectivity index (χ2v) is 6.99. The quantitative estimate of drug-likeness (QED) is 0.912. The highest BCUT2D eigenvalue weighted by molar-refractivity contribution is 7.89. The van der Waals surface area contributed by atoms with Crippen LogP contribution in [0.1, 0.15) is 24.8 Å². The van der Waals surface area contributed by atoms with E-state index in [0.29, 0.717) is 5.56 Å². The lowest BCUT2D eigenvalue weighted by Gasteiger charge is -2.26. The summed E-state index contributed by atoms with van der Waals surface area (Å²) in [7, 11) is -1.84. The normalized spacial score (nSPS) is 20.4. The fraction of sp³-hybridized carbons (Fsp3) is 0.500. The van der Waals surface area contributed by atoms with Crippen LogP contribution in [0, 0.1) is 11.3 Å². The zero-order chi connectivity index (χ0) is 14.6. The van der Waals surface area contributed by atoms with E-state index in [0.717, 1.165) is 32.4 Å². The van der Waals surface area contributed by atoms with Gasteiger partial charge in [-0.25, -0.2) is 8.42 Å². The van der Waals surface area contributed by atoms with Crippen molar-refractivity contribution in [1.82, 2.24) is 9.62 Å². The Hall–Kier alpha value is -1.42. The number of benzene rings is 1. The fourth-order valence-electron chi connectivity index (χ4n) is 2.43. The summed E-state index contributed by atoms with van der Waals surface area (Å²) in [5, 5.41) is 12.0. The van der Waals surface area contributed by atoms with Crippen molar-refractivity contribution in [2.75, 3.05) is 20.1 Å². The van der Waals surface area contributed by atoms with Crippen LogP contribution in [-0.2, 0) is 10.0 Å². The molecule has 1 aliphatic heterocycles. The largest absolute Gasteiger partial charge is 0.317 e. The second kappa shape index (κ2) is 6.35. The topological polar surface area (TPSA) is 73.2 Å². The van der Waals surface area contributed by atoms with Gasteiger partial charge in [0.25, 0.3) is 0 Å². The lowest BCUT2D eigenvalue weighted by molar-refractivity contribution is 0.341. The molecule has 0 aliphatic carbocycles. The van der Waals surface area contributed by atoms with Crippen LogP contribution in [0.3, 0.4) is 0 Å². The van der Waals surface area contributed by atoms with Crippen molar-refractivity contribution >= 4 is 10.0 Å². The van der Waals surface area contributed by atoms with Gasteiger partial charge < -0.3 is 5.32 Å². The Balaban J connectivity index is 2.21. The van der Waals surface area contributed by atoms with Crippen molar-refractivity contribution in [2.24, 2.45) is 0 Å². The van der Waals surface area contributed by atoms with Crippen molar-refractivity contribution in [2.45, 2.75) is 30.2 Å². The van der Waals surface area contributed by atoms with Crippen LogP contribution in [0.2, 0.25) is 0 Å². The maximum absolute atomic E-state index is 12.6. The Morgan fingerprint density at radius 3 is 2.60 bits per heavy atom. The lowest BCUT2D eigenvalue weighted by Crippen LogP contribution is -2.37. The molecule has 1 fully saturated rings. The number of nitriles is 1. The zero-order valence-electron chi connectivity index (χ0n) is 11.5. The van der Waals surface area contributed by atoms with E-state index >= 15 is 0 Å². The molecule has 1 unspecified atom stereocenters. The molecule has 0 radical (unpaired) electrons. The van der Waals surface area contributed by atoms with Crippen molar-refractivity contribution in [3.05, 3.63) is 29.8 Å². The summed E-state index contributed by atoms with van der Waals surface area (Å²) < 4.78 is 26.6. The molecule has 20 heavy (non-hydrogen) atoms. The van der Waals surface area contributed by atoms with Crippen molar-refractivity contribution in [3.63, 3.8) is 0 Å². The van der Waals surface area contributed by atoms with E-state index in [1.54, 1.807) is 7.05 Å². The maximum Gasteiger partial charge on any atom is 0.243 e. The molecule has 1 atom stereocenters. The molecule has 1 saturated heterocycles. The van der Waals surface area contributed by atoms with Crippen LogP contribution in [-0.4, -0.2) is 38.9 Å². The molecule has 1 heterocycles. The molecule has 0 saturated carbocycles. The molecule has 108 valence electrons. The maximum atomic E-state index is 12.6. The summed E-state index contributed by atoms with van der Waals surface area (Å²) in [6.45, 7) is 1.79. The molecular formula is C14H19N3O2S. The third kappa shape index (κ3) is 3.18. The highest BCUT2D eigenvalue weighted by Gasteiger charge is 2.28. The molecule has 1 N–H and O–H groups in total. The molecular weight excluding hydrogens is 274 g/mol. The first-order valence-corrected chi connectivity index (χ1v) is 8.18. The van der Waals surface area contributed by atoms with Gasteiger partial charge in [-0.05, 0) is 56.6 Å². The van der Waals surface area contributed by atoms with E-state index in [-0.39, 0.29) is 10.9 Å². The summed E-state index contributed by atoms with van der Waals surface area (Å²) in [5.74, 6) is 0. The molecule has 2 rings (SSSR count). The predicted molar refractivity (Wildman–Crippen MR) is 76.6 cm³/mol. The van der Waals surface area contributed by atoms with Crippen LogP contribution in [0.5, 0.6) is 0 Å². The van der Waals surface area contributed by atoms with Gasteiger partial charge in [0.15, 0.2) is 0 Å². The number of rotatable bonds is 3. The SMILES string of the molecule is CN(C1CCCNCC1)S(=O)(=O)c1ccc(C#N)cc1. The first-order valence-electron chi connectivity index (χ1n) is 6.74. The fourth-order valence-corrected chi connectivity index (χ4v) is 3.84. The number of hydrogen-bond acceptors (Lipinski definition) is 4. The van der Waals surface area contributed by atoms with E-state index < -0.39 is 10.0 Å². The number of nitrogens with zero attached hydrogens (tertiary/aromatic N) is 2. The first kappa shape index (κ1) is 15.0. The standard InChI is InChI=1S/C14H19N3O2S/c1-17(13-3-2-9-16-10-8-13)20(18,19)14-6-4-12(11-15)5-7-14/h4-7,13,16H,2-3,8-10H2,1H3. The molecule has 0 spiro atoms. The van der Waals surface area contributed by atoms with Gasteiger partial charge in [-0.3, -0.25) is 0 Å². The monoisotopic (exact) mass is 293 g/mol. The van der Waals surface area contributed by atoms with E-state index in [1.807, 2.05) is 6.07 Å². The van der Waals surface area contributed by atoms with Gasteiger partial charge in [0, 0.05) is 13.1 Å². The molecule has 1 aliphatic rings. The first-order chi connectivity index (χ1) is 9.55. The molecule has 1 aromatic rings. The number of hydrogen-bond donors (Lipinski definition) is 1. The van der Waals surface area contributed by atoms with Gasteiger partial charge >= 0.3 is 0 Å². The molecule has 5 nitrogen and oxygen atoms in total. The van der Waals surface area contributed by atoms with E-state index in [9.17, 15) is 8.42 Å². The van der Waals surface area contributed by atoms with Gasteiger partial charge in [-0.2, -0.15) is 9.57 Å². The minimum atomic E-state index is -3.48. The molecule has 0 bridgehead atoms. The van der Waals surface area contributed by atoms with Crippen LogP contribution in [0.15, 0.2) is 29.2 Å². The highest BCUT2D eigenvalue weighted by Crippen LogP contribution is 2.21. The third-order valence-corrected chi connectivity index (χ3v) is 5.64. The number of sulfonamides is 1. The summed E-state index contributed by atoms with van der Waals surface area (Å²) in [6.07, 6.45) is 2.68. The third-order valence-electron chi connectivity index (χ3n) is 3.72. The lowest BCUT2D eigenvalue weighted by atomic mass is 10.1. The Morgan fingerprint density at radius 1 is 1.25 bits per heavy atom. The molecule has 0 amide bonds. The minimum Gasteiger partial charge on any atom is -0.317 e. The van der Waals surface area contributed by atoms with Crippen molar-refractivity contribution in [1.29, 1.82) is 5.26 Å². The Morgan fingerprint density at radius 2 is 1.95 bits per heavy atom. The van der Waals surface area contributed by atoms with Crippen molar-refractivity contribution < 1.29 is 8.42 Å². The zero-order valence-corrected chi connectivity index (χ0v) is 12.4. The van der Waals surface area contributed by atoms with Crippen LogP contribution < -0.4 is 5.32 Å². The van der Waals surface area contributed by atoms with Gasteiger partial charge in [0.1, 0.15) is 0 Å². The predicted octanol–water partition coefficient (Wildman–Crippen LogP) is 1.32. The number of nitrogens with one attached hydrogen (secondary N) is 1. The Labute approximate surface area is 120 Å². The summed E-state index contributed by atoms with van der Waals surface area (Å²) >= 11 is 0. The highest BCUT2D eigenvalue weighted by atomic mass is 32.2. The smallest absolute Gasteiger partial charge is 0.243 e. The van der Waals surface area contributed by atoms with Crippen LogP contribution >= 0.6 is 0 Å². The van der Waals surface area contributed by atoms with Gasteiger partial charge in [0.05, 0.1) is 16.5 Å². The minimum absolute atomic E-state index is 0.0330. The van der Waals surface area contributed by atoms with Crippen LogP contribution in [0.25, 0.3) is 0 Å². The van der Waals surface area contributed by atoms with E-state index in [2.05, 4.69) is 5.32 Å². The van der Waals surface area contributed by atoms with Gasteiger partial charge in [0.2, 0.25) is 10.0 Å². The van der Waals surface area contributed by atoms with Gasteiger partial charge in [-0.15, -0.1) is 0 Å². The molecule has 0 aromatic heterocycles. The summed E-state index contributed by atoms with van der Waals surface area (Å²) in [6, 6.07) is 8.10. The summed E-state index contributed by atoms with van der Waals surface area (Å²) in [5.41, 5.74) is 0.463. The molecule has 6 heteroatoms. The van der Waals surface area contributed by atoms with E-state index in [1.165, 1.54) is 28.6 Å². The van der Waals surface area contributed by atoms with Gasteiger partial charge in [-0.1, -0.05) is 0 Å². The average molecular weight is 293 g/mol. The van der Waals surface area contributed by atoms with Crippen LogP contribution in [0.4, 0.5) is 0 Å². The summed E-state index contributed by atoms with van der Waals surface area (Å²) in [4.78, 5) is 0.246.